The van der Waals surface area contributed by atoms with E-state index in [9.17, 15) is 9.00 Å². The highest BCUT2D eigenvalue weighted by atomic mass is 32.2. The molecule has 0 bridgehead atoms. The van der Waals surface area contributed by atoms with Gasteiger partial charge in [-0.25, -0.2) is 0 Å². The zero-order valence-electron chi connectivity index (χ0n) is 11.0. The van der Waals surface area contributed by atoms with Gasteiger partial charge in [0, 0.05) is 9.77 Å². The van der Waals surface area contributed by atoms with E-state index in [1.165, 1.54) is 16.2 Å². The minimum Gasteiger partial charge on any atom is -0.292 e. The van der Waals surface area contributed by atoms with Crippen LogP contribution in [0.15, 0.2) is 41.3 Å². The number of carbonyl (C=O) groups excluding carboxylic acids is 1. The molecule has 0 aliphatic heterocycles. The summed E-state index contributed by atoms with van der Waals surface area (Å²) in [4.78, 5) is 14.7. The summed E-state index contributed by atoms with van der Waals surface area (Å²) in [7, 11) is -1.26. The number of hydrogen-bond acceptors (Lipinski definition) is 3. The Balaban J connectivity index is 2.08. The molecule has 100 valence electrons. The van der Waals surface area contributed by atoms with Crippen molar-refractivity contribution in [2.45, 2.75) is 25.2 Å². The molecule has 0 saturated heterocycles. The van der Waals surface area contributed by atoms with Crippen LogP contribution >= 0.6 is 11.3 Å². The van der Waals surface area contributed by atoms with Crippen LogP contribution in [0.3, 0.4) is 0 Å². The van der Waals surface area contributed by atoms with Gasteiger partial charge in [0.05, 0.1) is 21.4 Å². The van der Waals surface area contributed by atoms with Crippen LogP contribution in [0.1, 0.15) is 27.0 Å². The summed E-state index contributed by atoms with van der Waals surface area (Å²) in [5.74, 6) is 0.0252. The highest BCUT2D eigenvalue weighted by Crippen LogP contribution is 2.19. The Bertz CT molecular complexity index is 614. The molecule has 1 atom stereocenters. The number of rotatable bonds is 5. The van der Waals surface area contributed by atoms with Crippen molar-refractivity contribution in [2.24, 2.45) is 0 Å². The third-order valence-electron chi connectivity index (χ3n) is 2.80. The van der Waals surface area contributed by atoms with Crippen LogP contribution in [0, 0.1) is 6.92 Å². The molecule has 1 aromatic heterocycles. The fourth-order valence-electron chi connectivity index (χ4n) is 1.75. The first-order chi connectivity index (χ1) is 9.10. The second-order valence-corrected chi connectivity index (χ2v) is 6.97. The third kappa shape index (κ3) is 3.61. The van der Waals surface area contributed by atoms with Gasteiger partial charge in [-0.2, -0.15) is 0 Å². The Hall–Kier alpha value is -1.26. The third-order valence-corrected chi connectivity index (χ3v) is 5.37. The SMILES string of the molecule is CCc1ccc(C(=O)CS(=O)c2cccc(C)c2)s1. The van der Waals surface area contributed by atoms with E-state index in [1.807, 2.05) is 43.3 Å². The van der Waals surface area contributed by atoms with Crippen molar-refractivity contribution < 1.29 is 9.00 Å². The molecule has 0 spiro atoms. The Morgan fingerprint density at radius 1 is 1.26 bits per heavy atom. The molecule has 0 radical (unpaired) electrons. The first kappa shape index (κ1) is 14.2. The van der Waals surface area contributed by atoms with Gasteiger partial charge in [0.15, 0.2) is 5.78 Å². The largest absolute Gasteiger partial charge is 0.292 e. The fraction of sp³-hybridized carbons (Fsp3) is 0.267. The van der Waals surface area contributed by atoms with E-state index in [-0.39, 0.29) is 11.5 Å². The molecule has 0 amide bonds. The highest BCUT2D eigenvalue weighted by Gasteiger charge is 2.14. The van der Waals surface area contributed by atoms with Crippen molar-refractivity contribution in [1.82, 2.24) is 0 Å². The van der Waals surface area contributed by atoms with Crippen LogP contribution in [0.5, 0.6) is 0 Å². The number of Topliss-reactive ketones (excluding diaryl/α,β-unsaturated/α-hetero) is 1. The minimum atomic E-state index is -1.26. The standard InChI is InChI=1S/C15H16O2S2/c1-3-12-7-8-15(18-12)14(16)10-19(17)13-6-4-5-11(2)9-13/h4-9H,3,10H2,1-2H3. The number of hydrogen-bond donors (Lipinski definition) is 0. The van der Waals surface area contributed by atoms with Gasteiger partial charge in [-0.1, -0.05) is 19.1 Å². The monoisotopic (exact) mass is 292 g/mol. The summed E-state index contributed by atoms with van der Waals surface area (Å²) >= 11 is 1.50. The lowest BCUT2D eigenvalue weighted by atomic mass is 10.2. The maximum Gasteiger partial charge on any atom is 0.185 e. The van der Waals surface area contributed by atoms with E-state index in [0.717, 1.165) is 16.9 Å². The van der Waals surface area contributed by atoms with Gasteiger partial charge in [-0.15, -0.1) is 11.3 Å². The Morgan fingerprint density at radius 3 is 2.68 bits per heavy atom. The van der Waals surface area contributed by atoms with E-state index < -0.39 is 10.8 Å². The molecular weight excluding hydrogens is 276 g/mol. The van der Waals surface area contributed by atoms with Crippen LogP contribution in [0.25, 0.3) is 0 Å². The zero-order valence-corrected chi connectivity index (χ0v) is 12.6. The maximum absolute atomic E-state index is 12.2. The molecule has 2 rings (SSSR count). The summed E-state index contributed by atoms with van der Waals surface area (Å²) in [6.07, 6.45) is 0.929. The van der Waals surface area contributed by atoms with E-state index in [1.54, 1.807) is 0 Å². The second-order valence-electron chi connectivity index (χ2n) is 4.35. The first-order valence-corrected chi connectivity index (χ1v) is 8.30. The predicted molar refractivity (Wildman–Crippen MR) is 80.5 cm³/mol. The molecular formula is C15H16O2S2. The van der Waals surface area contributed by atoms with Gasteiger partial charge in [0.2, 0.25) is 0 Å². The second kappa shape index (κ2) is 6.26. The topological polar surface area (TPSA) is 34.1 Å². The molecule has 1 heterocycles. The summed E-state index contributed by atoms with van der Waals surface area (Å²) in [5, 5.41) is 0. The molecule has 1 aromatic carbocycles. The van der Waals surface area contributed by atoms with Gasteiger partial charge < -0.3 is 0 Å². The van der Waals surface area contributed by atoms with Gasteiger partial charge in [-0.3, -0.25) is 9.00 Å². The zero-order chi connectivity index (χ0) is 13.8. The molecule has 2 aromatic rings. The fourth-order valence-corrected chi connectivity index (χ4v) is 3.83. The van der Waals surface area contributed by atoms with Gasteiger partial charge >= 0.3 is 0 Å². The number of aryl methyl sites for hydroxylation is 2. The predicted octanol–water partition coefficient (Wildman–Crippen LogP) is 3.61. The highest BCUT2D eigenvalue weighted by molar-refractivity contribution is 7.85. The molecule has 4 heteroatoms. The first-order valence-electron chi connectivity index (χ1n) is 6.17. The van der Waals surface area contributed by atoms with Crippen molar-refractivity contribution >= 4 is 27.9 Å². The molecule has 0 fully saturated rings. The number of carbonyl (C=O) groups is 1. The molecule has 19 heavy (non-hydrogen) atoms. The Kier molecular flexibility index (Phi) is 4.66. The summed E-state index contributed by atoms with van der Waals surface area (Å²) < 4.78 is 12.2. The van der Waals surface area contributed by atoms with Crippen LogP contribution in [-0.4, -0.2) is 15.7 Å². The van der Waals surface area contributed by atoms with E-state index in [0.29, 0.717) is 4.88 Å². The van der Waals surface area contributed by atoms with Crippen molar-refractivity contribution in [2.75, 3.05) is 5.75 Å². The van der Waals surface area contributed by atoms with E-state index in [2.05, 4.69) is 6.92 Å². The van der Waals surface area contributed by atoms with E-state index in [4.69, 9.17) is 0 Å². The van der Waals surface area contributed by atoms with Crippen molar-refractivity contribution in [3.05, 3.63) is 51.7 Å². The minimum absolute atomic E-state index is 0.0375. The Morgan fingerprint density at radius 2 is 2.05 bits per heavy atom. The van der Waals surface area contributed by atoms with Crippen LogP contribution in [0.4, 0.5) is 0 Å². The average molecular weight is 292 g/mol. The van der Waals surface area contributed by atoms with E-state index >= 15 is 0 Å². The summed E-state index contributed by atoms with van der Waals surface area (Å²) in [5.41, 5.74) is 1.06. The molecule has 0 aliphatic carbocycles. The normalized spacial score (nSPS) is 12.3. The van der Waals surface area contributed by atoms with Crippen molar-refractivity contribution in [3.8, 4) is 0 Å². The van der Waals surface area contributed by atoms with Gasteiger partial charge in [0.25, 0.3) is 0 Å². The lowest BCUT2D eigenvalue weighted by Gasteiger charge is -2.02. The van der Waals surface area contributed by atoms with Crippen LogP contribution in [-0.2, 0) is 17.2 Å². The molecule has 0 saturated carbocycles. The molecule has 2 nitrogen and oxygen atoms in total. The van der Waals surface area contributed by atoms with Crippen molar-refractivity contribution in [1.29, 1.82) is 0 Å². The number of thiophene rings is 1. The lowest BCUT2D eigenvalue weighted by molar-refractivity contribution is 0.102. The quantitative estimate of drug-likeness (QED) is 0.789. The Labute approximate surface area is 119 Å². The van der Waals surface area contributed by atoms with Crippen LogP contribution in [0.2, 0.25) is 0 Å². The van der Waals surface area contributed by atoms with Gasteiger partial charge in [-0.05, 0) is 43.2 Å². The van der Waals surface area contributed by atoms with Gasteiger partial charge in [0.1, 0.15) is 0 Å². The molecule has 0 N–H and O–H groups in total. The summed E-state index contributed by atoms with van der Waals surface area (Å²) in [6, 6.07) is 11.3. The average Bonchev–Trinajstić information content (AvgIpc) is 2.87. The summed E-state index contributed by atoms with van der Waals surface area (Å²) in [6.45, 7) is 4.01. The maximum atomic E-state index is 12.2. The number of ketones is 1. The molecule has 1 unspecified atom stereocenters. The van der Waals surface area contributed by atoms with Crippen molar-refractivity contribution in [3.63, 3.8) is 0 Å². The molecule has 0 aliphatic rings. The van der Waals surface area contributed by atoms with Crippen LogP contribution < -0.4 is 0 Å². The smallest absolute Gasteiger partial charge is 0.185 e. The lowest BCUT2D eigenvalue weighted by Crippen LogP contribution is -2.09. The number of benzene rings is 1.